The van der Waals surface area contributed by atoms with Crippen molar-refractivity contribution in [3.63, 3.8) is 0 Å². The number of benzene rings is 3. The first-order valence-electron chi connectivity index (χ1n) is 9.85. The molecule has 0 saturated heterocycles. The molecule has 0 aliphatic rings. The van der Waals surface area contributed by atoms with Crippen molar-refractivity contribution in [3.05, 3.63) is 105 Å². The predicted molar refractivity (Wildman–Crippen MR) is 126 cm³/mol. The summed E-state index contributed by atoms with van der Waals surface area (Å²) in [4.78, 5) is 47.1. The van der Waals surface area contributed by atoms with Crippen LogP contribution >= 0.6 is 11.6 Å². The van der Waals surface area contributed by atoms with Gasteiger partial charge in [-0.3, -0.25) is 24.5 Å². The van der Waals surface area contributed by atoms with Crippen molar-refractivity contribution >= 4 is 46.8 Å². The minimum absolute atomic E-state index is 0.108. The average Bonchev–Trinajstić information content (AvgIpc) is 2.80. The minimum Gasteiger partial charge on any atom is -0.427 e. The van der Waals surface area contributed by atoms with Crippen LogP contribution in [0.1, 0.15) is 22.8 Å². The number of esters is 1. The average molecular weight is 480 g/mol. The second-order valence-electron chi connectivity index (χ2n) is 6.91. The van der Waals surface area contributed by atoms with E-state index in [1.807, 2.05) is 0 Å². The van der Waals surface area contributed by atoms with Crippen LogP contribution in [0.2, 0.25) is 5.02 Å². The molecule has 0 aliphatic heterocycles. The Balaban J connectivity index is 1.88. The Labute approximate surface area is 199 Å². The van der Waals surface area contributed by atoms with Gasteiger partial charge in [0.1, 0.15) is 11.4 Å². The van der Waals surface area contributed by atoms with Gasteiger partial charge in [-0.2, -0.15) is 0 Å². The molecule has 0 aromatic heterocycles. The quantitative estimate of drug-likeness (QED) is 0.168. The van der Waals surface area contributed by atoms with E-state index in [-0.39, 0.29) is 22.0 Å². The molecule has 34 heavy (non-hydrogen) atoms. The third-order valence-corrected chi connectivity index (χ3v) is 4.73. The fourth-order valence-electron chi connectivity index (χ4n) is 2.82. The van der Waals surface area contributed by atoms with Gasteiger partial charge in [0.15, 0.2) is 0 Å². The highest BCUT2D eigenvalue weighted by molar-refractivity contribution is 6.34. The van der Waals surface area contributed by atoms with Gasteiger partial charge < -0.3 is 15.4 Å². The molecule has 2 N–H and O–H groups in total. The Morgan fingerprint density at radius 2 is 1.62 bits per heavy atom. The first kappa shape index (κ1) is 24.1. The van der Waals surface area contributed by atoms with E-state index < -0.39 is 22.7 Å². The number of hydrogen-bond donors (Lipinski definition) is 2. The summed E-state index contributed by atoms with van der Waals surface area (Å²) in [5.41, 5.74) is 0.753. The Morgan fingerprint density at radius 1 is 0.971 bits per heavy atom. The smallest absolute Gasteiger partial charge is 0.308 e. The highest BCUT2D eigenvalue weighted by Gasteiger charge is 2.17. The number of anilines is 1. The van der Waals surface area contributed by atoms with Gasteiger partial charge in [-0.05, 0) is 48.0 Å². The molecule has 3 rings (SSSR count). The van der Waals surface area contributed by atoms with Crippen molar-refractivity contribution in [1.82, 2.24) is 5.32 Å². The summed E-state index contributed by atoms with van der Waals surface area (Å²) in [6.07, 6.45) is 1.42. The largest absolute Gasteiger partial charge is 0.427 e. The van der Waals surface area contributed by atoms with E-state index in [1.165, 1.54) is 55.5 Å². The number of rotatable bonds is 7. The zero-order valence-corrected chi connectivity index (χ0v) is 18.5. The van der Waals surface area contributed by atoms with Gasteiger partial charge >= 0.3 is 5.97 Å². The van der Waals surface area contributed by atoms with Crippen LogP contribution in [0.15, 0.2) is 78.5 Å². The van der Waals surface area contributed by atoms with Crippen LogP contribution in [0.3, 0.4) is 0 Å². The van der Waals surface area contributed by atoms with Gasteiger partial charge in [0.05, 0.1) is 15.5 Å². The molecule has 3 aromatic carbocycles. The molecule has 0 spiro atoms. The van der Waals surface area contributed by atoms with E-state index >= 15 is 0 Å². The summed E-state index contributed by atoms with van der Waals surface area (Å²) < 4.78 is 4.99. The SMILES string of the molecule is CC(=O)Oc1ccc(/C=C(/NC(=O)c2ccccc2Cl)C(=O)Nc2ccc([N+](=O)[O-])cc2)cc1. The Bertz CT molecular complexity index is 1270. The second kappa shape index (κ2) is 10.9. The van der Waals surface area contributed by atoms with E-state index in [1.54, 1.807) is 30.3 Å². The normalized spacial score (nSPS) is 10.8. The number of ether oxygens (including phenoxy) is 1. The van der Waals surface area contributed by atoms with Crippen molar-refractivity contribution in [2.45, 2.75) is 6.92 Å². The molecule has 0 heterocycles. The molecule has 0 unspecified atom stereocenters. The number of nitrogens with zero attached hydrogens (tertiary/aromatic N) is 1. The number of halogens is 1. The Hall–Kier alpha value is -4.50. The van der Waals surface area contributed by atoms with Crippen molar-refractivity contribution in [2.24, 2.45) is 0 Å². The number of nitro groups is 1. The fraction of sp³-hybridized carbons (Fsp3) is 0.0417. The van der Waals surface area contributed by atoms with Gasteiger partial charge in [-0.15, -0.1) is 0 Å². The molecule has 0 fully saturated rings. The molecule has 9 nitrogen and oxygen atoms in total. The first-order chi connectivity index (χ1) is 16.2. The van der Waals surface area contributed by atoms with Gasteiger partial charge in [-0.25, -0.2) is 0 Å². The molecule has 0 saturated carbocycles. The lowest BCUT2D eigenvalue weighted by Crippen LogP contribution is -2.30. The second-order valence-corrected chi connectivity index (χ2v) is 7.32. The number of carbonyl (C=O) groups is 3. The molecular formula is C24H18ClN3O6. The molecule has 172 valence electrons. The summed E-state index contributed by atoms with van der Waals surface area (Å²) in [5.74, 6) is -1.43. The number of non-ortho nitro benzene ring substituents is 1. The summed E-state index contributed by atoms with van der Waals surface area (Å²) in [6, 6.07) is 17.9. The number of nitro benzene ring substituents is 1. The summed E-state index contributed by atoms with van der Waals surface area (Å²) >= 11 is 6.09. The predicted octanol–water partition coefficient (Wildman–Crippen LogP) is 4.58. The number of amides is 2. The van der Waals surface area contributed by atoms with Gasteiger partial charge in [0.25, 0.3) is 17.5 Å². The van der Waals surface area contributed by atoms with Crippen LogP contribution in [0.5, 0.6) is 5.75 Å². The Morgan fingerprint density at radius 3 is 2.21 bits per heavy atom. The van der Waals surface area contributed by atoms with Crippen LogP contribution in [0.4, 0.5) is 11.4 Å². The van der Waals surface area contributed by atoms with Gasteiger partial charge in [0.2, 0.25) is 0 Å². The zero-order chi connectivity index (χ0) is 24.7. The van der Waals surface area contributed by atoms with Crippen LogP contribution < -0.4 is 15.4 Å². The zero-order valence-electron chi connectivity index (χ0n) is 17.8. The molecule has 0 bridgehead atoms. The molecular weight excluding hydrogens is 462 g/mol. The van der Waals surface area contributed by atoms with E-state index in [2.05, 4.69) is 10.6 Å². The maximum atomic E-state index is 13.0. The molecule has 10 heteroatoms. The van der Waals surface area contributed by atoms with E-state index in [9.17, 15) is 24.5 Å². The van der Waals surface area contributed by atoms with E-state index in [0.717, 1.165) is 0 Å². The fourth-order valence-corrected chi connectivity index (χ4v) is 3.04. The summed E-state index contributed by atoms with van der Waals surface area (Å²) in [7, 11) is 0. The van der Waals surface area contributed by atoms with Crippen molar-refractivity contribution in [1.29, 1.82) is 0 Å². The topological polar surface area (TPSA) is 128 Å². The lowest BCUT2D eigenvalue weighted by atomic mass is 10.1. The summed E-state index contributed by atoms with van der Waals surface area (Å²) in [6.45, 7) is 1.28. The number of carbonyl (C=O) groups excluding carboxylic acids is 3. The molecule has 2 amide bonds. The van der Waals surface area contributed by atoms with Crippen molar-refractivity contribution < 1.29 is 24.0 Å². The van der Waals surface area contributed by atoms with Crippen molar-refractivity contribution in [2.75, 3.05) is 5.32 Å². The van der Waals surface area contributed by atoms with E-state index in [0.29, 0.717) is 17.0 Å². The highest BCUT2D eigenvalue weighted by atomic mass is 35.5. The third-order valence-electron chi connectivity index (χ3n) is 4.40. The molecule has 0 radical (unpaired) electrons. The van der Waals surface area contributed by atoms with E-state index in [4.69, 9.17) is 16.3 Å². The monoisotopic (exact) mass is 479 g/mol. The van der Waals surface area contributed by atoms with Crippen LogP contribution in [-0.2, 0) is 9.59 Å². The van der Waals surface area contributed by atoms with Crippen LogP contribution in [0, 0.1) is 10.1 Å². The van der Waals surface area contributed by atoms with Crippen molar-refractivity contribution in [3.8, 4) is 5.75 Å². The third kappa shape index (κ3) is 6.50. The van der Waals surface area contributed by atoms with Crippen LogP contribution in [-0.4, -0.2) is 22.7 Å². The number of hydrogen-bond acceptors (Lipinski definition) is 6. The van der Waals surface area contributed by atoms with Gasteiger partial charge in [0, 0.05) is 24.7 Å². The standard InChI is InChI=1S/C24H18ClN3O6/c1-15(29)34-19-12-6-16(7-13-19)14-22(27-23(30)20-4-2-3-5-21(20)25)24(31)26-17-8-10-18(11-9-17)28(32)33/h2-14H,1H3,(H,26,31)(H,27,30)/b22-14+. The minimum atomic E-state index is -0.668. The Kier molecular flexibility index (Phi) is 7.73. The van der Waals surface area contributed by atoms with Crippen LogP contribution in [0.25, 0.3) is 6.08 Å². The number of nitrogens with one attached hydrogen (secondary N) is 2. The lowest BCUT2D eigenvalue weighted by Gasteiger charge is -2.12. The molecule has 0 aliphatic carbocycles. The summed E-state index contributed by atoms with van der Waals surface area (Å²) in [5, 5.41) is 16.2. The first-order valence-corrected chi connectivity index (χ1v) is 10.2. The molecule has 3 aromatic rings. The maximum absolute atomic E-state index is 13.0. The highest BCUT2D eigenvalue weighted by Crippen LogP contribution is 2.19. The van der Waals surface area contributed by atoms with Gasteiger partial charge in [-0.1, -0.05) is 35.9 Å². The maximum Gasteiger partial charge on any atom is 0.308 e. The molecule has 0 atom stereocenters. The lowest BCUT2D eigenvalue weighted by molar-refractivity contribution is -0.384.